The van der Waals surface area contributed by atoms with Crippen LogP contribution in [0.3, 0.4) is 0 Å². The molecule has 1 fully saturated rings. The summed E-state index contributed by atoms with van der Waals surface area (Å²) in [4.78, 5) is 8.95. The number of aromatic nitrogens is 1. The van der Waals surface area contributed by atoms with Crippen molar-refractivity contribution in [2.24, 2.45) is 0 Å². The molecule has 2 aliphatic rings. The highest BCUT2D eigenvalue weighted by atomic mass is 35.5. The third-order valence-electron chi connectivity index (χ3n) is 6.88. The van der Waals surface area contributed by atoms with E-state index in [4.69, 9.17) is 23.8 Å². The van der Waals surface area contributed by atoms with Crippen molar-refractivity contribution >= 4 is 45.9 Å². The van der Waals surface area contributed by atoms with Crippen LogP contribution in [-0.2, 0) is 0 Å². The standard InChI is InChI=1S/C27H27ClN4OS/c1-16-15-27(2,3)31(4)23-14-21(28)20(13-19(16)23)25-24(22-7-5-6-12-29-22)30-26(34)32(25)17-8-10-18(33)11-9-17/h5-15,24-25,33H,1-4H3,(H,30,34)/t24-,25+/m1/s1. The summed E-state index contributed by atoms with van der Waals surface area (Å²) in [5.41, 5.74) is 6.11. The molecule has 0 saturated carbocycles. The largest absolute Gasteiger partial charge is 0.508 e. The van der Waals surface area contributed by atoms with E-state index in [1.54, 1.807) is 18.3 Å². The molecule has 3 heterocycles. The number of nitrogens with zero attached hydrogens (tertiary/aromatic N) is 3. The van der Waals surface area contributed by atoms with E-state index in [0.717, 1.165) is 28.2 Å². The summed E-state index contributed by atoms with van der Waals surface area (Å²) in [7, 11) is 2.10. The Balaban J connectivity index is 1.70. The van der Waals surface area contributed by atoms with Crippen molar-refractivity contribution in [1.82, 2.24) is 10.3 Å². The first kappa shape index (κ1) is 22.7. The summed E-state index contributed by atoms with van der Waals surface area (Å²) in [6.07, 6.45) is 4.08. The molecular formula is C27H27ClN4OS. The number of anilines is 2. The Morgan fingerprint density at radius 1 is 1.12 bits per heavy atom. The van der Waals surface area contributed by atoms with Gasteiger partial charge in [0.2, 0.25) is 0 Å². The second-order valence-electron chi connectivity index (χ2n) is 9.44. The van der Waals surface area contributed by atoms with Gasteiger partial charge in [-0.1, -0.05) is 23.7 Å². The number of rotatable bonds is 3. The van der Waals surface area contributed by atoms with Crippen LogP contribution in [0.2, 0.25) is 5.02 Å². The number of nitrogens with one attached hydrogen (secondary N) is 1. The van der Waals surface area contributed by atoms with Crippen LogP contribution in [0.15, 0.2) is 66.9 Å². The van der Waals surface area contributed by atoms with Gasteiger partial charge in [0.25, 0.3) is 0 Å². The van der Waals surface area contributed by atoms with Gasteiger partial charge in [-0.2, -0.15) is 0 Å². The summed E-state index contributed by atoms with van der Waals surface area (Å²) in [6, 6.07) is 16.8. The Kier molecular flexibility index (Phi) is 5.53. The van der Waals surface area contributed by atoms with Gasteiger partial charge in [-0.15, -0.1) is 0 Å². The third-order valence-corrected chi connectivity index (χ3v) is 7.52. The van der Waals surface area contributed by atoms with Gasteiger partial charge in [0.1, 0.15) is 5.75 Å². The molecule has 0 bridgehead atoms. The van der Waals surface area contributed by atoms with Crippen molar-refractivity contribution < 1.29 is 5.11 Å². The topological polar surface area (TPSA) is 51.6 Å². The molecular weight excluding hydrogens is 464 g/mol. The van der Waals surface area contributed by atoms with E-state index < -0.39 is 0 Å². The van der Waals surface area contributed by atoms with Gasteiger partial charge in [-0.3, -0.25) is 4.98 Å². The van der Waals surface area contributed by atoms with Gasteiger partial charge in [0.05, 0.1) is 23.3 Å². The van der Waals surface area contributed by atoms with Gasteiger partial charge >= 0.3 is 0 Å². The number of hydrogen-bond acceptors (Lipinski definition) is 4. The van der Waals surface area contributed by atoms with Crippen LogP contribution >= 0.6 is 23.8 Å². The Morgan fingerprint density at radius 3 is 2.53 bits per heavy atom. The molecule has 174 valence electrons. The monoisotopic (exact) mass is 490 g/mol. The van der Waals surface area contributed by atoms with E-state index in [1.165, 1.54) is 5.57 Å². The molecule has 0 radical (unpaired) electrons. The normalized spacial score (nSPS) is 21.2. The first-order chi connectivity index (χ1) is 16.2. The van der Waals surface area contributed by atoms with Gasteiger partial charge in [-0.05, 0) is 92.7 Å². The van der Waals surface area contributed by atoms with Gasteiger partial charge in [0, 0.05) is 35.2 Å². The molecule has 34 heavy (non-hydrogen) atoms. The average molecular weight is 491 g/mol. The maximum atomic E-state index is 9.84. The molecule has 0 amide bonds. The Bertz CT molecular complexity index is 1290. The molecule has 0 aliphatic carbocycles. The lowest BCUT2D eigenvalue weighted by atomic mass is 9.86. The fraction of sp³-hybridized carbons (Fsp3) is 0.259. The number of halogens is 1. The van der Waals surface area contributed by atoms with Gasteiger partial charge in [0.15, 0.2) is 5.11 Å². The summed E-state index contributed by atoms with van der Waals surface area (Å²) >= 11 is 12.8. The van der Waals surface area contributed by atoms with E-state index in [2.05, 4.69) is 66.1 Å². The highest BCUT2D eigenvalue weighted by molar-refractivity contribution is 7.80. The molecule has 2 aliphatic heterocycles. The first-order valence-corrected chi connectivity index (χ1v) is 12.0. The lowest BCUT2D eigenvalue weighted by Crippen LogP contribution is -2.42. The van der Waals surface area contributed by atoms with Gasteiger partial charge in [-0.25, -0.2) is 0 Å². The number of aromatic hydroxyl groups is 1. The van der Waals surface area contributed by atoms with Crippen molar-refractivity contribution in [2.45, 2.75) is 38.4 Å². The van der Waals surface area contributed by atoms with Crippen molar-refractivity contribution in [3.63, 3.8) is 0 Å². The summed E-state index contributed by atoms with van der Waals surface area (Å²) in [5.74, 6) is 0.206. The number of phenolic OH excluding ortho intramolecular Hbond substituents is 1. The number of allylic oxidation sites excluding steroid dienone is 1. The smallest absolute Gasteiger partial charge is 0.174 e. The summed E-state index contributed by atoms with van der Waals surface area (Å²) in [5, 5.41) is 14.6. The maximum absolute atomic E-state index is 9.84. The lowest BCUT2D eigenvalue weighted by Gasteiger charge is -2.41. The van der Waals surface area contributed by atoms with E-state index in [1.807, 2.05) is 30.3 Å². The summed E-state index contributed by atoms with van der Waals surface area (Å²) < 4.78 is 0. The second-order valence-corrected chi connectivity index (χ2v) is 10.2. The van der Waals surface area contributed by atoms with Crippen molar-refractivity contribution in [2.75, 3.05) is 16.8 Å². The van der Waals surface area contributed by atoms with Crippen LogP contribution in [-0.4, -0.2) is 27.8 Å². The molecule has 2 aromatic carbocycles. The van der Waals surface area contributed by atoms with Crippen LogP contribution in [0.5, 0.6) is 5.75 Å². The van der Waals surface area contributed by atoms with Crippen molar-refractivity contribution in [3.8, 4) is 5.75 Å². The predicted octanol–water partition coefficient (Wildman–Crippen LogP) is 6.25. The molecule has 0 spiro atoms. The molecule has 1 saturated heterocycles. The van der Waals surface area contributed by atoms with Crippen molar-refractivity contribution in [1.29, 1.82) is 0 Å². The molecule has 2 N–H and O–H groups in total. The predicted molar refractivity (Wildman–Crippen MR) is 144 cm³/mol. The highest BCUT2D eigenvalue weighted by Crippen LogP contribution is 2.47. The molecule has 5 rings (SSSR count). The minimum Gasteiger partial charge on any atom is -0.508 e. The fourth-order valence-electron chi connectivity index (χ4n) is 4.98. The maximum Gasteiger partial charge on any atom is 0.174 e. The Labute approximate surface area is 210 Å². The Hall–Kier alpha value is -3.09. The number of hydrogen-bond donors (Lipinski definition) is 2. The van der Waals surface area contributed by atoms with Gasteiger partial charge < -0.3 is 20.2 Å². The highest BCUT2D eigenvalue weighted by Gasteiger charge is 2.42. The quantitative estimate of drug-likeness (QED) is 0.423. The van der Waals surface area contributed by atoms with E-state index in [9.17, 15) is 5.11 Å². The molecule has 0 unspecified atom stereocenters. The SMILES string of the molecule is CC1=CC(C)(C)N(C)c2cc(Cl)c([C@H]3[C@@H](c4ccccn4)NC(=S)N3c3ccc(O)cc3)cc21. The van der Waals surface area contributed by atoms with E-state index in [0.29, 0.717) is 10.1 Å². The van der Waals surface area contributed by atoms with Crippen molar-refractivity contribution in [3.05, 3.63) is 88.7 Å². The second kappa shape index (κ2) is 8.29. The lowest BCUT2D eigenvalue weighted by molar-refractivity contribution is 0.475. The molecule has 2 atom stereocenters. The van der Waals surface area contributed by atoms with Crippen LogP contribution in [0.1, 0.15) is 49.7 Å². The zero-order chi connectivity index (χ0) is 24.2. The van der Waals surface area contributed by atoms with E-state index >= 15 is 0 Å². The number of likely N-dealkylation sites (N-methyl/N-ethyl adjacent to an activating group) is 1. The van der Waals surface area contributed by atoms with Crippen LogP contribution in [0.4, 0.5) is 11.4 Å². The first-order valence-electron chi connectivity index (χ1n) is 11.2. The van der Waals surface area contributed by atoms with E-state index in [-0.39, 0.29) is 23.4 Å². The average Bonchev–Trinajstić information content (AvgIpc) is 3.15. The molecule has 7 heteroatoms. The van der Waals surface area contributed by atoms with Crippen LogP contribution in [0.25, 0.3) is 5.57 Å². The van der Waals surface area contributed by atoms with Crippen LogP contribution in [0, 0.1) is 0 Å². The molecule has 3 aromatic rings. The third kappa shape index (κ3) is 3.71. The fourth-order valence-corrected chi connectivity index (χ4v) is 5.59. The molecule has 5 nitrogen and oxygen atoms in total. The number of thiocarbonyl (C=S) groups is 1. The Morgan fingerprint density at radius 2 is 1.85 bits per heavy atom. The zero-order valence-corrected chi connectivity index (χ0v) is 21.2. The molecule has 1 aromatic heterocycles. The number of pyridine rings is 1. The number of fused-ring (bicyclic) bond motifs is 1. The van der Waals surface area contributed by atoms with Crippen LogP contribution < -0.4 is 15.1 Å². The number of benzene rings is 2. The summed E-state index contributed by atoms with van der Waals surface area (Å²) in [6.45, 7) is 6.55. The minimum absolute atomic E-state index is 0.104. The zero-order valence-electron chi connectivity index (χ0n) is 19.6. The minimum atomic E-state index is -0.224. The number of phenols is 1.